The third kappa shape index (κ3) is 2.47. The van der Waals surface area contributed by atoms with Crippen LogP contribution in [0.2, 0.25) is 5.02 Å². The summed E-state index contributed by atoms with van der Waals surface area (Å²) in [5.74, 6) is -0.266. The molecule has 1 aliphatic heterocycles. The average molecular weight is 283 g/mol. The average Bonchev–Trinajstić information content (AvgIpc) is 3.14. The number of nitrogens with zero attached hydrogens (tertiary/aromatic N) is 1. The number of amides is 1. The van der Waals surface area contributed by atoms with E-state index in [2.05, 4.69) is 0 Å². The summed E-state index contributed by atoms with van der Waals surface area (Å²) >= 11 is 5.91. The molecule has 1 amide bonds. The predicted molar refractivity (Wildman–Crippen MR) is 71.2 cm³/mol. The zero-order valence-corrected chi connectivity index (χ0v) is 11.2. The van der Waals surface area contributed by atoms with Gasteiger partial charge in [-0.15, -0.1) is 0 Å². The highest BCUT2D eigenvalue weighted by Crippen LogP contribution is 2.40. The fourth-order valence-corrected chi connectivity index (χ4v) is 3.11. The molecular weight excluding hydrogens is 267 g/mol. The summed E-state index contributed by atoms with van der Waals surface area (Å²) in [6, 6.07) is 4.28. The topological polar surface area (TPSA) is 46.3 Å². The molecule has 0 radical (unpaired) electrons. The van der Waals surface area contributed by atoms with Crippen molar-refractivity contribution in [2.75, 3.05) is 0 Å². The molecule has 1 aliphatic carbocycles. The third-order valence-corrected chi connectivity index (χ3v) is 4.07. The fourth-order valence-electron chi connectivity index (χ4n) is 2.88. The number of halogens is 2. The predicted octanol–water partition coefficient (Wildman–Crippen LogP) is 2.63. The summed E-state index contributed by atoms with van der Waals surface area (Å²) in [6.45, 7) is 0. The van der Waals surface area contributed by atoms with E-state index in [0.29, 0.717) is 23.4 Å². The Morgan fingerprint density at radius 2 is 2.00 bits per heavy atom. The smallest absolute Gasteiger partial charge is 0.223 e. The van der Waals surface area contributed by atoms with E-state index in [9.17, 15) is 9.18 Å². The Kier molecular flexibility index (Phi) is 3.23. The molecule has 19 heavy (non-hydrogen) atoms. The summed E-state index contributed by atoms with van der Waals surface area (Å²) in [5.41, 5.74) is 6.88. The van der Waals surface area contributed by atoms with Crippen molar-refractivity contribution in [3.63, 3.8) is 0 Å². The van der Waals surface area contributed by atoms with Crippen LogP contribution in [0, 0.1) is 5.82 Å². The van der Waals surface area contributed by atoms with Crippen LogP contribution in [-0.2, 0) is 4.79 Å². The zero-order chi connectivity index (χ0) is 13.6. The second-order valence-corrected chi connectivity index (χ2v) is 5.82. The standard InChI is InChI=1S/C14H16ClFN2O/c15-9-5-8(6-10(16)7-9)14-12(17)3-4-13(19)18(14)11-1-2-11/h5-7,11-12,14H,1-4,17H2. The molecule has 1 saturated heterocycles. The minimum Gasteiger partial charge on any atom is -0.331 e. The number of rotatable bonds is 2. The molecule has 2 fully saturated rings. The van der Waals surface area contributed by atoms with Gasteiger partial charge in [0.1, 0.15) is 5.82 Å². The van der Waals surface area contributed by atoms with Crippen LogP contribution in [0.4, 0.5) is 4.39 Å². The maximum absolute atomic E-state index is 13.5. The molecule has 2 atom stereocenters. The number of nitrogens with two attached hydrogens (primary N) is 1. The van der Waals surface area contributed by atoms with Gasteiger partial charge >= 0.3 is 0 Å². The van der Waals surface area contributed by atoms with Crippen LogP contribution in [0.1, 0.15) is 37.3 Å². The van der Waals surface area contributed by atoms with E-state index in [1.165, 1.54) is 12.1 Å². The lowest BCUT2D eigenvalue weighted by Crippen LogP contribution is -2.49. The number of hydrogen-bond donors (Lipinski definition) is 1. The van der Waals surface area contributed by atoms with E-state index in [4.69, 9.17) is 17.3 Å². The Labute approximate surface area is 116 Å². The molecule has 1 aromatic rings. The van der Waals surface area contributed by atoms with Crippen LogP contribution in [0.3, 0.4) is 0 Å². The quantitative estimate of drug-likeness (QED) is 0.906. The van der Waals surface area contributed by atoms with Gasteiger partial charge in [0, 0.05) is 23.5 Å². The molecule has 0 spiro atoms. The zero-order valence-electron chi connectivity index (χ0n) is 10.5. The van der Waals surface area contributed by atoms with E-state index < -0.39 is 0 Å². The summed E-state index contributed by atoms with van der Waals surface area (Å²) in [7, 11) is 0. The Morgan fingerprint density at radius 1 is 1.26 bits per heavy atom. The number of hydrogen-bond acceptors (Lipinski definition) is 2. The molecule has 1 saturated carbocycles. The third-order valence-electron chi connectivity index (χ3n) is 3.85. The van der Waals surface area contributed by atoms with Gasteiger partial charge in [0.25, 0.3) is 0 Å². The Hall–Kier alpha value is -1.13. The lowest BCUT2D eigenvalue weighted by atomic mass is 9.90. The molecule has 0 bridgehead atoms. The highest BCUT2D eigenvalue weighted by molar-refractivity contribution is 6.30. The Balaban J connectivity index is 2.00. The first-order valence-electron chi connectivity index (χ1n) is 6.59. The van der Waals surface area contributed by atoms with Gasteiger partial charge in [-0.3, -0.25) is 4.79 Å². The van der Waals surface area contributed by atoms with Gasteiger partial charge < -0.3 is 10.6 Å². The van der Waals surface area contributed by atoms with E-state index >= 15 is 0 Å². The lowest BCUT2D eigenvalue weighted by molar-refractivity contribution is -0.138. The van der Waals surface area contributed by atoms with E-state index in [0.717, 1.165) is 12.8 Å². The number of carbonyl (C=O) groups is 1. The highest BCUT2D eigenvalue weighted by atomic mass is 35.5. The van der Waals surface area contributed by atoms with Crippen molar-refractivity contribution in [2.24, 2.45) is 5.73 Å². The molecular formula is C14H16ClFN2O. The van der Waals surface area contributed by atoms with Gasteiger partial charge in [0.05, 0.1) is 6.04 Å². The van der Waals surface area contributed by atoms with E-state index in [1.54, 1.807) is 6.07 Å². The lowest BCUT2D eigenvalue weighted by Gasteiger charge is -2.40. The first-order chi connectivity index (χ1) is 9.06. The van der Waals surface area contributed by atoms with Gasteiger partial charge in [-0.25, -0.2) is 4.39 Å². The van der Waals surface area contributed by atoms with Crippen molar-refractivity contribution in [3.8, 4) is 0 Å². The Morgan fingerprint density at radius 3 is 2.63 bits per heavy atom. The van der Waals surface area contributed by atoms with E-state index in [-0.39, 0.29) is 29.8 Å². The fraction of sp³-hybridized carbons (Fsp3) is 0.500. The maximum atomic E-state index is 13.5. The molecule has 2 unspecified atom stereocenters. The normalized spacial score (nSPS) is 27.7. The van der Waals surface area contributed by atoms with Crippen molar-refractivity contribution in [1.29, 1.82) is 0 Å². The van der Waals surface area contributed by atoms with Crippen LogP contribution in [0.25, 0.3) is 0 Å². The molecule has 3 rings (SSSR count). The minimum absolute atomic E-state index is 0.120. The van der Waals surface area contributed by atoms with Crippen molar-refractivity contribution < 1.29 is 9.18 Å². The van der Waals surface area contributed by atoms with Gasteiger partial charge in [-0.05, 0) is 43.0 Å². The minimum atomic E-state index is -0.386. The molecule has 0 aromatic heterocycles. The Bertz CT molecular complexity index is 498. The van der Waals surface area contributed by atoms with Crippen LogP contribution in [0.5, 0.6) is 0 Å². The molecule has 3 nitrogen and oxygen atoms in total. The van der Waals surface area contributed by atoms with Crippen LogP contribution in [-0.4, -0.2) is 22.9 Å². The second-order valence-electron chi connectivity index (χ2n) is 5.38. The molecule has 1 heterocycles. The van der Waals surface area contributed by atoms with Crippen molar-refractivity contribution in [2.45, 2.75) is 43.8 Å². The van der Waals surface area contributed by atoms with Crippen LogP contribution in [0.15, 0.2) is 18.2 Å². The maximum Gasteiger partial charge on any atom is 0.223 e. The second kappa shape index (κ2) is 4.76. The van der Waals surface area contributed by atoms with Crippen molar-refractivity contribution >= 4 is 17.5 Å². The first-order valence-corrected chi connectivity index (χ1v) is 6.97. The molecule has 102 valence electrons. The van der Waals surface area contributed by atoms with Crippen molar-refractivity contribution in [1.82, 2.24) is 4.90 Å². The van der Waals surface area contributed by atoms with Gasteiger partial charge in [-0.2, -0.15) is 0 Å². The van der Waals surface area contributed by atoms with Gasteiger partial charge in [-0.1, -0.05) is 11.6 Å². The number of carbonyl (C=O) groups excluding carboxylic acids is 1. The number of benzene rings is 1. The molecule has 5 heteroatoms. The first kappa shape index (κ1) is 12.9. The van der Waals surface area contributed by atoms with Gasteiger partial charge in [0.15, 0.2) is 0 Å². The van der Waals surface area contributed by atoms with Gasteiger partial charge in [0.2, 0.25) is 5.91 Å². The highest BCUT2D eigenvalue weighted by Gasteiger charge is 2.43. The number of likely N-dealkylation sites (tertiary alicyclic amines) is 1. The van der Waals surface area contributed by atoms with Crippen molar-refractivity contribution in [3.05, 3.63) is 34.6 Å². The summed E-state index contributed by atoms with van der Waals surface area (Å²) in [6.07, 6.45) is 3.15. The van der Waals surface area contributed by atoms with Crippen LogP contribution >= 0.6 is 11.6 Å². The molecule has 2 aliphatic rings. The van der Waals surface area contributed by atoms with E-state index in [1.807, 2.05) is 4.90 Å². The SMILES string of the molecule is NC1CCC(=O)N(C2CC2)C1c1cc(F)cc(Cl)c1. The monoisotopic (exact) mass is 282 g/mol. The summed E-state index contributed by atoms with van der Waals surface area (Å²) < 4.78 is 13.5. The molecule has 1 aromatic carbocycles. The number of piperidine rings is 1. The largest absolute Gasteiger partial charge is 0.331 e. The summed E-state index contributed by atoms with van der Waals surface area (Å²) in [5, 5.41) is 0.343. The summed E-state index contributed by atoms with van der Waals surface area (Å²) in [4.78, 5) is 14.0. The van der Waals surface area contributed by atoms with Crippen LogP contribution < -0.4 is 5.73 Å². The molecule has 2 N–H and O–H groups in total.